The molecular weight excluding hydrogens is 458 g/mol. The van der Waals surface area contributed by atoms with Gasteiger partial charge >= 0.3 is 0 Å². The summed E-state index contributed by atoms with van der Waals surface area (Å²) in [6.07, 6.45) is 0.832. The van der Waals surface area contributed by atoms with E-state index in [0.717, 1.165) is 71.0 Å². The molecule has 1 aliphatic heterocycles. The van der Waals surface area contributed by atoms with Gasteiger partial charge in [-0.25, -0.2) is 0 Å². The van der Waals surface area contributed by atoms with E-state index >= 15 is 0 Å². The number of rotatable bonds is 9. The fourth-order valence-corrected chi connectivity index (χ4v) is 5.21. The highest BCUT2D eigenvalue weighted by molar-refractivity contribution is 7.16. The highest BCUT2D eigenvalue weighted by Crippen LogP contribution is 2.35. The van der Waals surface area contributed by atoms with Crippen molar-refractivity contribution in [1.29, 1.82) is 0 Å². The number of aryl methyl sites for hydroxylation is 1. The molecule has 0 aliphatic carbocycles. The fourth-order valence-electron chi connectivity index (χ4n) is 4.42. The average Bonchev–Trinajstić information content (AvgIpc) is 3.32. The third-order valence-electron chi connectivity index (χ3n) is 6.80. The number of fused-ring (bicyclic) bond motifs is 1. The highest BCUT2D eigenvalue weighted by Gasteiger charge is 2.21. The lowest BCUT2D eigenvalue weighted by Gasteiger charge is -2.34. The van der Waals surface area contributed by atoms with E-state index in [9.17, 15) is 4.79 Å². The van der Waals surface area contributed by atoms with Crippen LogP contribution in [0.2, 0.25) is 0 Å². The van der Waals surface area contributed by atoms with Crippen LogP contribution in [0.4, 0.5) is 17.1 Å². The highest BCUT2D eigenvalue weighted by atomic mass is 32.1. The molecule has 0 atom stereocenters. The number of allylic oxidation sites excluding steroid dienone is 1. The summed E-state index contributed by atoms with van der Waals surface area (Å²) in [5.41, 5.74) is 6.78. The number of anilines is 3. The summed E-state index contributed by atoms with van der Waals surface area (Å²) < 4.78 is 5.26. The topological polar surface area (TPSA) is 72.6 Å². The molecule has 35 heavy (non-hydrogen) atoms. The third kappa shape index (κ3) is 5.55. The molecule has 0 unspecified atom stereocenters. The predicted molar refractivity (Wildman–Crippen MR) is 150 cm³/mol. The standard InChI is InChI=1S/C27H37N5O2S/c1-6-18(2)24(23-25(28-10-15-34-5)21-9-16-35-27(21)30-26(23)33)29-22-17-20(8-7-19(22)3)32-13-11-31(4)12-14-32/h7-9,16-17,29H,6,10-15H2,1-5H3,(H2,28,30,33)/b24-18+. The lowest BCUT2D eigenvalue weighted by molar-refractivity contribution is 0.211. The number of H-pyrrole nitrogens is 1. The SMILES string of the molecule is CC/C(C)=C(/Nc1cc(N2CCN(C)CC2)ccc1C)c1c(NCCOC)c2ccsc2[nH]c1=O. The number of ether oxygens (including phenoxy) is 1. The summed E-state index contributed by atoms with van der Waals surface area (Å²) in [5.74, 6) is 0. The Morgan fingerprint density at radius 1 is 1.20 bits per heavy atom. The summed E-state index contributed by atoms with van der Waals surface area (Å²) >= 11 is 1.54. The van der Waals surface area contributed by atoms with E-state index < -0.39 is 0 Å². The Kier molecular flexibility index (Phi) is 8.15. The number of hydrogen-bond donors (Lipinski definition) is 3. The minimum absolute atomic E-state index is 0.0944. The molecule has 8 heteroatoms. The van der Waals surface area contributed by atoms with Crippen LogP contribution in [0.25, 0.3) is 15.9 Å². The van der Waals surface area contributed by atoms with Crippen molar-refractivity contribution in [3.8, 4) is 0 Å². The van der Waals surface area contributed by atoms with Gasteiger partial charge in [0, 0.05) is 56.6 Å². The maximum Gasteiger partial charge on any atom is 0.260 e. The molecule has 2 aromatic heterocycles. The van der Waals surface area contributed by atoms with Crippen LogP contribution in [-0.4, -0.2) is 63.4 Å². The van der Waals surface area contributed by atoms with Crippen molar-refractivity contribution < 1.29 is 4.74 Å². The van der Waals surface area contributed by atoms with E-state index in [1.165, 1.54) is 5.69 Å². The number of likely N-dealkylation sites (N-methyl/N-ethyl adjacent to an activating group) is 1. The molecule has 0 saturated carbocycles. The van der Waals surface area contributed by atoms with Crippen LogP contribution in [0.5, 0.6) is 0 Å². The average molecular weight is 496 g/mol. The zero-order valence-electron chi connectivity index (χ0n) is 21.5. The van der Waals surface area contributed by atoms with Crippen LogP contribution in [0.15, 0.2) is 40.0 Å². The fraction of sp³-hybridized carbons (Fsp3) is 0.444. The molecule has 1 aliphatic rings. The van der Waals surface area contributed by atoms with Crippen molar-refractivity contribution >= 4 is 44.3 Å². The van der Waals surface area contributed by atoms with Crippen molar-refractivity contribution in [3.05, 3.63) is 56.7 Å². The summed E-state index contributed by atoms with van der Waals surface area (Å²) in [5, 5.41) is 10.2. The van der Waals surface area contributed by atoms with E-state index in [4.69, 9.17) is 4.74 Å². The normalized spacial score (nSPS) is 15.4. The van der Waals surface area contributed by atoms with E-state index in [1.807, 2.05) is 5.38 Å². The molecule has 0 amide bonds. The third-order valence-corrected chi connectivity index (χ3v) is 7.63. The quantitative estimate of drug-likeness (QED) is 0.365. The Labute approximate surface area is 211 Å². The van der Waals surface area contributed by atoms with E-state index in [-0.39, 0.29) is 5.56 Å². The van der Waals surface area contributed by atoms with Gasteiger partial charge < -0.3 is 30.2 Å². The van der Waals surface area contributed by atoms with Crippen LogP contribution >= 0.6 is 11.3 Å². The predicted octanol–water partition coefficient (Wildman–Crippen LogP) is 4.96. The number of nitrogens with zero attached hydrogens (tertiary/aromatic N) is 2. The first-order valence-electron chi connectivity index (χ1n) is 12.3. The van der Waals surface area contributed by atoms with Crippen molar-refractivity contribution in [2.75, 3.05) is 69.0 Å². The number of nitrogens with one attached hydrogen (secondary N) is 3. The van der Waals surface area contributed by atoms with Gasteiger partial charge in [0.15, 0.2) is 0 Å². The second kappa shape index (κ2) is 11.3. The van der Waals surface area contributed by atoms with Crippen molar-refractivity contribution in [1.82, 2.24) is 9.88 Å². The number of aromatic amines is 1. The largest absolute Gasteiger partial charge is 0.383 e. The summed E-state index contributed by atoms with van der Waals surface area (Å²) in [4.78, 5) is 22.2. The lowest BCUT2D eigenvalue weighted by Crippen LogP contribution is -2.44. The smallest absolute Gasteiger partial charge is 0.260 e. The van der Waals surface area contributed by atoms with Gasteiger partial charge in [0.05, 0.1) is 23.6 Å². The maximum absolute atomic E-state index is 13.5. The summed E-state index contributed by atoms with van der Waals surface area (Å²) in [7, 11) is 3.86. The molecule has 0 spiro atoms. The minimum Gasteiger partial charge on any atom is -0.383 e. The molecule has 7 nitrogen and oxygen atoms in total. The Morgan fingerprint density at radius 3 is 2.69 bits per heavy atom. The molecule has 188 valence electrons. The summed E-state index contributed by atoms with van der Waals surface area (Å²) in [6.45, 7) is 11.6. The van der Waals surface area contributed by atoms with Crippen molar-refractivity contribution in [3.63, 3.8) is 0 Å². The molecule has 3 heterocycles. The maximum atomic E-state index is 13.5. The van der Waals surface area contributed by atoms with Gasteiger partial charge in [-0.1, -0.05) is 13.0 Å². The number of aromatic nitrogens is 1. The molecule has 3 N–H and O–H groups in total. The van der Waals surface area contributed by atoms with E-state index in [1.54, 1.807) is 18.4 Å². The van der Waals surface area contributed by atoms with Crippen LogP contribution in [0.1, 0.15) is 31.4 Å². The summed E-state index contributed by atoms with van der Waals surface area (Å²) in [6, 6.07) is 8.65. The number of piperazine rings is 1. The molecule has 4 rings (SSSR count). The lowest BCUT2D eigenvalue weighted by atomic mass is 10.0. The van der Waals surface area contributed by atoms with Crippen LogP contribution in [-0.2, 0) is 4.74 Å². The van der Waals surface area contributed by atoms with Crippen LogP contribution in [0, 0.1) is 6.92 Å². The minimum atomic E-state index is -0.0944. The Morgan fingerprint density at radius 2 is 1.97 bits per heavy atom. The van der Waals surface area contributed by atoms with Gasteiger partial charge in [-0.2, -0.15) is 0 Å². The molecule has 1 fully saturated rings. The second-order valence-corrected chi connectivity index (χ2v) is 10.1. The Bertz CT molecular complexity index is 1250. The molecule has 3 aromatic rings. The van der Waals surface area contributed by atoms with Gasteiger partial charge in [-0.3, -0.25) is 4.79 Å². The van der Waals surface area contributed by atoms with Crippen molar-refractivity contribution in [2.24, 2.45) is 0 Å². The van der Waals surface area contributed by atoms with Gasteiger partial charge in [0.25, 0.3) is 5.56 Å². The van der Waals surface area contributed by atoms with Gasteiger partial charge in [0.1, 0.15) is 4.83 Å². The molecule has 1 aromatic carbocycles. The molecule has 0 radical (unpaired) electrons. The Balaban J connectivity index is 1.77. The monoisotopic (exact) mass is 495 g/mol. The number of pyridine rings is 1. The zero-order chi connectivity index (χ0) is 24.9. The molecular formula is C27H37N5O2S. The van der Waals surface area contributed by atoms with Crippen molar-refractivity contribution in [2.45, 2.75) is 27.2 Å². The van der Waals surface area contributed by atoms with Crippen LogP contribution in [0.3, 0.4) is 0 Å². The molecule has 0 bridgehead atoms. The van der Waals surface area contributed by atoms with E-state index in [2.05, 4.69) is 77.5 Å². The first kappa shape index (κ1) is 25.3. The second-order valence-electron chi connectivity index (χ2n) is 9.21. The van der Waals surface area contributed by atoms with Gasteiger partial charge in [-0.15, -0.1) is 11.3 Å². The zero-order valence-corrected chi connectivity index (χ0v) is 22.3. The van der Waals surface area contributed by atoms with E-state index in [0.29, 0.717) is 18.7 Å². The first-order valence-corrected chi connectivity index (χ1v) is 13.2. The molecule has 1 saturated heterocycles. The number of hydrogen-bond acceptors (Lipinski definition) is 7. The van der Waals surface area contributed by atoms with Gasteiger partial charge in [-0.05, 0) is 62.0 Å². The number of benzene rings is 1. The van der Waals surface area contributed by atoms with Gasteiger partial charge in [0.2, 0.25) is 0 Å². The Hall–Kier alpha value is -2.81. The number of methoxy groups -OCH3 is 1. The number of thiophene rings is 1. The van der Waals surface area contributed by atoms with Crippen LogP contribution < -0.4 is 21.1 Å². The first-order chi connectivity index (χ1) is 16.9.